The molecule has 0 aromatic carbocycles. The molecule has 2 aromatic heterocycles. The van der Waals surface area contributed by atoms with E-state index in [2.05, 4.69) is 25.6 Å². The van der Waals surface area contributed by atoms with Crippen LogP contribution in [0, 0.1) is 12.8 Å². The number of hydrogen-bond donors (Lipinski definition) is 1. The lowest BCUT2D eigenvalue weighted by atomic mass is 10.0. The van der Waals surface area contributed by atoms with Crippen molar-refractivity contribution in [1.29, 1.82) is 0 Å². The number of aryl methyl sites for hydroxylation is 1. The second kappa shape index (κ2) is 9.78. The summed E-state index contributed by atoms with van der Waals surface area (Å²) in [6, 6.07) is 1.67. The van der Waals surface area contributed by atoms with Crippen molar-refractivity contribution in [1.82, 2.24) is 20.3 Å². The molecule has 2 aromatic rings. The number of rotatable bonds is 7. The van der Waals surface area contributed by atoms with Crippen molar-refractivity contribution >= 4 is 45.9 Å². The molecule has 9 nitrogen and oxygen atoms in total. The van der Waals surface area contributed by atoms with Crippen molar-refractivity contribution in [2.45, 2.75) is 43.4 Å². The van der Waals surface area contributed by atoms with Crippen molar-refractivity contribution in [2.24, 2.45) is 5.92 Å². The largest absolute Gasteiger partial charge is 0.360 e. The first kappa shape index (κ1) is 21.1. The van der Waals surface area contributed by atoms with Crippen molar-refractivity contribution in [2.75, 3.05) is 42.1 Å². The van der Waals surface area contributed by atoms with Crippen LogP contribution in [0.1, 0.15) is 37.9 Å². The van der Waals surface area contributed by atoms with Gasteiger partial charge in [-0.3, -0.25) is 9.59 Å². The number of carbonyl (C=O) groups excluding carboxylic acids is 2. The Morgan fingerprint density at radius 2 is 2.00 bits per heavy atom. The molecule has 0 radical (unpaired) electrons. The van der Waals surface area contributed by atoms with Crippen molar-refractivity contribution in [3.05, 3.63) is 11.8 Å². The maximum atomic E-state index is 12.5. The summed E-state index contributed by atoms with van der Waals surface area (Å²) in [6.07, 6.45) is 5.64. The molecule has 3 heterocycles. The Kier molecular flexibility index (Phi) is 6.88. The SMILES string of the molecule is Cc1cc(NC(=O)CSc2nnc(N3CCN(C(=O)CC4CCCC4)CC3)s2)no1. The Labute approximate surface area is 183 Å². The lowest BCUT2D eigenvalue weighted by Gasteiger charge is -2.34. The molecule has 0 atom stereocenters. The molecule has 0 spiro atoms. The van der Waals surface area contributed by atoms with Crippen molar-refractivity contribution in [3.8, 4) is 0 Å². The highest BCUT2D eigenvalue weighted by atomic mass is 32.2. The summed E-state index contributed by atoms with van der Waals surface area (Å²) in [4.78, 5) is 28.7. The van der Waals surface area contributed by atoms with Gasteiger partial charge in [0, 0.05) is 38.7 Å². The minimum absolute atomic E-state index is 0.167. The average Bonchev–Trinajstić information content (AvgIpc) is 3.49. The molecule has 2 fully saturated rings. The molecule has 30 heavy (non-hydrogen) atoms. The molecule has 1 aliphatic carbocycles. The fourth-order valence-electron chi connectivity index (χ4n) is 3.86. The van der Waals surface area contributed by atoms with Crippen LogP contribution >= 0.6 is 23.1 Å². The minimum atomic E-state index is -0.167. The summed E-state index contributed by atoms with van der Waals surface area (Å²) in [6.45, 7) is 4.76. The average molecular weight is 451 g/mol. The van der Waals surface area contributed by atoms with E-state index in [-0.39, 0.29) is 11.7 Å². The Hall–Kier alpha value is -2.14. The Bertz CT molecular complexity index is 871. The van der Waals surface area contributed by atoms with E-state index in [0.717, 1.165) is 35.7 Å². The quantitative estimate of drug-likeness (QED) is 0.642. The van der Waals surface area contributed by atoms with Gasteiger partial charge in [0.2, 0.25) is 16.9 Å². The normalized spacial score (nSPS) is 17.5. The predicted molar refractivity (Wildman–Crippen MR) is 116 cm³/mol. The van der Waals surface area contributed by atoms with Crippen molar-refractivity contribution < 1.29 is 14.1 Å². The highest BCUT2D eigenvalue weighted by Gasteiger charge is 2.26. The maximum Gasteiger partial charge on any atom is 0.236 e. The van der Waals surface area contributed by atoms with Crippen LogP contribution in [-0.4, -0.2) is 64.0 Å². The number of nitrogens with one attached hydrogen (secondary N) is 1. The van der Waals surface area contributed by atoms with Crippen LogP contribution in [0.5, 0.6) is 0 Å². The molecule has 1 saturated heterocycles. The first-order valence-electron chi connectivity index (χ1n) is 10.3. The Morgan fingerprint density at radius 3 is 2.70 bits per heavy atom. The number of aromatic nitrogens is 3. The summed E-state index contributed by atoms with van der Waals surface area (Å²) < 4.78 is 5.68. The summed E-state index contributed by atoms with van der Waals surface area (Å²) in [5, 5.41) is 15.7. The smallest absolute Gasteiger partial charge is 0.236 e. The Balaban J connectivity index is 1.20. The number of amides is 2. The van der Waals surface area contributed by atoms with Crippen LogP contribution in [0.2, 0.25) is 0 Å². The molecule has 1 N–H and O–H groups in total. The number of carbonyl (C=O) groups is 2. The number of nitrogens with zero attached hydrogens (tertiary/aromatic N) is 5. The van der Waals surface area contributed by atoms with Crippen LogP contribution in [0.15, 0.2) is 14.9 Å². The molecule has 0 unspecified atom stereocenters. The lowest BCUT2D eigenvalue weighted by molar-refractivity contribution is -0.132. The molecule has 4 rings (SSSR count). The predicted octanol–water partition coefficient (Wildman–Crippen LogP) is 2.79. The van der Waals surface area contributed by atoms with E-state index in [4.69, 9.17) is 4.52 Å². The van der Waals surface area contributed by atoms with E-state index in [9.17, 15) is 9.59 Å². The molecule has 0 bridgehead atoms. The molecule has 2 amide bonds. The standard InChI is InChI=1S/C19H26N6O3S2/c1-13-10-15(23-28-13)20-16(26)12-29-19-22-21-18(30-19)25-8-6-24(7-9-25)17(27)11-14-4-2-3-5-14/h10,14H,2-9,11-12H2,1H3,(H,20,23,26). The first-order valence-corrected chi connectivity index (χ1v) is 12.1. The van der Waals surface area contributed by atoms with E-state index in [1.165, 1.54) is 48.8 Å². The zero-order valence-electron chi connectivity index (χ0n) is 17.0. The summed E-state index contributed by atoms with van der Waals surface area (Å²) in [5.41, 5.74) is 0. The highest BCUT2D eigenvalue weighted by molar-refractivity contribution is 8.01. The fraction of sp³-hybridized carbons (Fsp3) is 0.632. The van der Waals surface area contributed by atoms with Crippen LogP contribution in [0.3, 0.4) is 0 Å². The maximum absolute atomic E-state index is 12.5. The van der Waals surface area contributed by atoms with E-state index < -0.39 is 0 Å². The van der Waals surface area contributed by atoms with Crippen LogP contribution < -0.4 is 10.2 Å². The van der Waals surface area contributed by atoms with Gasteiger partial charge in [-0.05, 0) is 25.7 Å². The van der Waals surface area contributed by atoms with E-state index in [1.54, 1.807) is 13.0 Å². The fourth-order valence-corrected chi connectivity index (χ4v) is 5.55. The highest BCUT2D eigenvalue weighted by Crippen LogP contribution is 2.30. The van der Waals surface area contributed by atoms with Crippen LogP contribution in [0.25, 0.3) is 0 Å². The Morgan fingerprint density at radius 1 is 1.23 bits per heavy atom. The van der Waals surface area contributed by atoms with Gasteiger partial charge in [0.15, 0.2) is 10.2 Å². The second-order valence-electron chi connectivity index (χ2n) is 7.73. The van der Waals surface area contributed by atoms with Gasteiger partial charge < -0.3 is 19.6 Å². The molecule has 2 aliphatic rings. The minimum Gasteiger partial charge on any atom is -0.360 e. The number of anilines is 2. The number of hydrogen-bond acceptors (Lipinski definition) is 9. The van der Waals surface area contributed by atoms with Gasteiger partial charge in [-0.15, -0.1) is 10.2 Å². The van der Waals surface area contributed by atoms with Crippen LogP contribution in [-0.2, 0) is 9.59 Å². The summed E-state index contributed by atoms with van der Waals surface area (Å²) in [5.74, 6) is 2.00. The third kappa shape index (κ3) is 5.51. The number of thioether (sulfide) groups is 1. The monoisotopic (exact) mass is 450 g/mol. The van der Waals surface area contributed by atoms with Crippen LogP contribution in [0.4, 0.5) is 10.9 Å². The molecule has 11 heteroatoms. The zero-order valence-corrected chi connectivity index (χ0v) is 18.6. The zero-order chi connectivity index (χ0) is 20.9. The van der Waals surface area contributed by atoms with Gasteiger partial charge in [-0.1, -0.05) is 41.1 Å². The number of piperazine rings is 1. The third-order valence-electron chi connectivity index (χ3n) is 5.46. The van der Waals surface area contributed by atoms with Gasteiger partial charge >= 0.3 is 0 Å². The molecule has 162 valence electrons. The lowest BCUT2D eigenvalue weighted by Crippen LogP contribution is -2.49. The van der Waals surface area contributed by atoms with E-state index in [1.807, 2.05) is 4.90 Å². The summed E-state index contributed by atoms with van der Waals surface area (Å²) >= 11 is 2.82. The van der Waals surface area contributed by atoms with E-state index in [0.29, 0.717) is 29.8 Å². The van der Waals surface area contributed by atoms with Gasteiger partial charge in [-0.25, -0.2) is 0 Å². The van der Waals surface area contributed by atoms with Gasteiger partial charge in [-0.2, -0.15) is 0 Å². The molecule has 1 aliphatic heterocycles. The third-order valence-corrected chi connectivity index (χ3v) is 7.58. The molecular formula is C19H26N6O3S2. The molecular weight excluding hydrogens is 424 g/mol. The molecule has 1 saturated carbocycles. The van der Waals surface area contributed by atoms with Crippen molar-refractivity contribution in [3.63, 3.8) is 0 Å². The van der Waals surface area contributed by atoms with Gasteiger partial charge in [0.25, 0.3) is 0 Å². The topological polar surface area (TPSA) is 104 Å². The van der Waals surface area contributed by atoms with Gasteiger partial charge in [0.05, 0.1) is 5.75 Å². The van der Waals surface area contributed by atoms with Gasteiger partial charge in [0.1, 0.15) is 5.76 Å². The summed E-state index contributed by atoms with van der Waals surface area (Å²) in [7, 11) is 0. The first-order chi connectivity index (χ1) is 14.6. The second-order valence-corrected chi connectivity index (χ2v) is 9.91. The van der Waals surface area contributed by atoms with E-state index >= 15 is 0 Å².